The molecule has 3 unspecified atom stereocenters. The van der Waals surface area contributed by atoms with Crippen LogP contribution in [0.3, 0.4) is 0 Å². The van der Waals surface area contributed by atoms with Crippen LogP contribution >= 0.6 is 11.8 Å². The first-order valence-corrected chi connectivity index (χ1v) is 10.7. The number of amides is 2. The lowest BCUT2D eigenvalue weighted by Gasteiger charge is -2.38. The number of hydrogen-bond donors (Lipinski definition) is 2. The second-order valence-corrected chi connectivity index (χ2v) is 9.63. The maximum absolute atomic E-state index is 13.4. The molecule has 152 valence electrons. The van der Waals surface area contributed by atoms with Crippen LogP contribution < -0.4 is 5.32 Å². The largest absolute Gasteiger partial charge is 0.466 e. The first kappa shape index (κ1) is 20.5. The minimum Gasteiger partial charge on any atom is -0.466 e. The number of aliphatic hydroxyl groups is 1. The van der Waals surface area contributed by atoms with Crippen LogP contribution in [0.5, 0.6) is 0 Å². The van der Waals surface area contributed by atoms with E-state index in [0.717, 1.165) is 6.42 Å². The summed E-state index contributed by atoms with van der Waals surface area (Å²) >= 11 is 1.64. The number of fused-ring (bicyclic) bond motifs is 1. The lowest BCUT2D eigenvalue weighted by molar-refractivity contribution is -0.154. The minimum absolute atomic E-state index is 0.0161. The number of nitrogens with zero attached hydrogens (tertiary/aromatic N) is 1. The molecule has 3 fully saturated rings. The highest BCUT2D eigenvalue weighted by Crippen LogP contribution is 2.68. The Balaban J connectivity index is 2.02. The minimum atomic E-state index is -0.617. The van der Waals surface area contributed by atoms with Crippen LogP contribution in [0.15, 0.2) is 0 Å². The number of likely N-dealkylation sites (tertiary alicyclic amines) is 1. The lowest BCUT2D eigenvalue weighted by Crippen LogP contribution is -2.57. The Bertz CT molecular complexity index is 627. The van der Waals surface area contributed by atoms with Crippen LogP contribution in [0.4, 0.5) is 0 Å². The van der Waals surface area contributed by atoms with E-state index in [9.17, 15) is 19.5 Å². The first-order valence-electron chi connectivity index (χ1n) is 9.85. The molecule has 8 heteroatoms. The normalized spacial score (nSPS) is 37.0. The Morgan fingerprint density at radius 2 is 2.15 bits per heavy atom. The molecule has 2 amide bonds. The molecule has 6 atom stereocenters. The van der Waals surface area contributed by atoms with Crippen molar-refractivity contribution in [2.24, 2.45) is 17.8 Å². The van der Waals surface area contributed by atoms with Gasteiger partial charge in [0.05, 0.1) is 23.2 Å². The van der Waals surface area contributed by atoms with Crippen molar-refractivity contribution < 1.29 is 24.2 Å². The molecule has 7 nitrogen and oxygen atoms in total. The second kappa shape index (κ2) is 7.62. The van der Waals surface area contributed by atoms with E-state index in [2.05, 4.69) is 12.2 Å². The highest BCUT2D eigenvalue weighted by atomic mass is 32.2. The van der Waals surface area contributed by atoms with E-state index >= 15 is 0 Å². The number of thioether (sulfide) groups is 1. The molecule has 0 aromatic heterocycles. The number of rotatable bonds is 7. The van der Waals surface area contributed by atoms with Crippen molar-refractivity contribution >= 4 is 29.5 Å². The van der Waals surface area contributed by atoms with Crippen LogP contribution in [0, 0.1) is 17.8 Å². The highest BCUT2D eigenvalue weighted by molar-refractivity contribution is 8.02. The van der Waals surface area contributed by atoms with Crippen molar-refractivity contribution in [2.45, 2.75) is 62.6 Å². The number of esters is 1. The van der Waals surface area contributed by atoms with Gasteiger partial charge in [-0.05, 0) is 39.5 Å². The summed E-state index contributed by atoms with van der Waals surface area (Å²) in [6, 6.07) is -0.657. The van der Waals surface area contributed by atoms with Crippen molar-refractivity contribution in [3.63, 3.8) is 0 Å². The van der Waals surface area contributed by atoms with Gasteiger partial charge in [0.1, 0.15) is 6.04 Å². The second-order valence-electron chi connectivity index (χ2n) is 8.08. The van der Waals surface area contributed by atoms with Gasteiger partial charge in [0.25, 0.3) is 0 Å². The molecule has 3 heterocycles. The van der Waals surface area contributed by atoms with Crippen LogP contribution in [-0.2, 0) is 19.1 Å². The fourth-order valence-electron chi connectivity index (χ4n) is 5.17. The van der Waals surface area contributed by atoms with E-state index in [0.29, 0.717) is 13.0 Å². The van der Waals surface area contributed by atoms with Crippen LogP contribution in [0.25, 0.3) is 0 Å². The van der Waals surface area contributed by atoms with Crippen LogP contribution in [0.2, 0.25) is 0 Å². The van der Waals surface area contributed by atoms with Crippen molar-refractivity contribution in [2.75, 3.05) is 19.8 Å². The van der Waals surface area contributed by atoms with Gasteiger partial charge in [-0.15, -0.1) is 11.8 Å². The lowest BCUT2D eigenvalue weighted by atomic mass is 9.66. The van der Waals surface area contributed by atoms with E-state index in [-0.39, 0.29) is 48.2 Å². The van der Waals surface area contributed by atoms with Crippen molar-refractivity contribution in [1.29, 1.82) is 0 Å². The third-order valence-electron chi connectivity index (χ3n) is 6.04. The summed E-state index contributed by atoms with van der Waals surface area (Å²) in [5, 5.41) is 12.2. The maximum atomic E-state index is 13.4. The number of ether oxygens (including phenoxy) is 1. The summed E-state index contributed by atoms with van der Waals surface area (Å²) in [4.78, 5) is 40.8. The molecular formula is C19H30N2O5S. The number of hydrogen-bond acceptors (Lipinski definition) is 6. The van der Waals surface area contributed by atoms with Gasteiger partial charge in [0.15, 0.2) is 0 Å². The molecule has 3 rings (SSSR count). The van der Waals surface area contributed by atoms with Gasteiger partial charge >= 0.3 is 5.97 Å². The summed E-state index contributed by atoms with van der Waals surface area (Å²) in [7, 11) is 0. The fourth-order valence-corrected chi connectivity index (χ4v) is 7.58. The molecule has 0 aromatic carbocycles. The number of nitrogens with one attached hydrogen (secondary N) is 1. The van der Waals surface area contributed by atoms with Crippen LogP contribution in [-0.4, -0.2) is 69.6 Å². The third-order valence-corrected chi connectivity index (χ3v) is 8.12. The molecule has 2 N–H and O–H groups in total. The SMILES string of the molecule is CCOC(=O)[C@@H]1[C@H]2C(=O)N(CCCO)C(C(=O)NC(C)C)C23S[C@@H]1CC3C. The van der Waals surface area contributed by atoms with Gasteiger partial charge in [0.2, 0.25) is 11.8 Å². The first-order chi connectivity index (χ1) is 12.8. The Labute approximate surface area is 164 Å². The topological polar surface area (TPSA) is 95.9 Å². The maximum Gasteiger partial charge on any atom is 0.310 e. The fraction of sp³-hybridized carbons (Fsp3) is 0.842. The zero-order chi connectivity index (χ0) is 19.9. The summed E-state index contributed by atoms with van der Waals surface area (Å²) in [6.07, 6.45) is 1.21. The quantitative estimate of drug-likeness (QED) is 0.616. The molecule has 0 aromatic rings. The molecule has 2 bridgehead atoms. The van der Waals surface area contributed by atoms with Crippen molar-refractivity contribution in [3.05, 3.63) is 0 Å². The Hall–Kier alpha value is -1.28. The standard InChI is InChI=1S/C19H30N2O5S/c1-5-26-18(25)13-12-9-11(4)19(27-12)14(13)17(24)21(7-6-8-22)15(19)16(23)20-10(2)3/h10-15,22H,5-9H2,1-4H3,(H,20,23)/t11?,12-,13+,14+,15?,19?/m1/s1. The molecule has 3 aliphatic rings. The van der Waals surface area contributed by atoms with Gasteiger partial charge in [-0.2, -0.15) is 0 Å². The predicted octanol–water partition coefficient (Wildman–Crippen LogP) is 0.794. The van der Waals surface area contributed by atoms with E-state index in [4.69, 9.17) is 4.74 Å². The molecule has 27 heavy (non-hydrogen) atoms. The summed E-state index contributed by atoms with van der Waals surface area (Å²) < 4.78 is 4.68. The van der Waals surface area contributed by atoms with Crippen molar-refractivity contribution in [3.8, 4) is 0 Å². The zero-order valence-electron chi connectivity index (χ0n) is 16.4. The summed E-state index contributed by atoms with van der Waals surface area (Å²) in [5.74, 6) is -1.51. The smallest absolute Gasteiger partial charge is 0.310 e. The Kier molecular flexibility index (Phi) is 5.77. The van der Waals surface area contributed by atoms with Gasteiger partial charge in [0, 0.05) is 24.4 Å². The van der Waals surface area contributed by atoms with Gasteiger partial charge < -0.3 is 20.1 Å². The van der Waals surface area contributed by atoms with Gasteiger partial charge in [-0.25, -0.2) is 0 Å². The molecule has 3 saturated heterocycles. The molecular weight excluding hydrogens is 368 g/mol. The highest BCUT2D eigenvalue weighted by Gasteiger charge is 2.76. The average molecular weight is 399 g/mol. The van der Waals surface area contributed by atoms with Gasteiger partial charge in [-0.3, -0.25) is 14.4 Å². The number of carbonyl (C=O) groups is 3. The van der Waals surface area contributed by atoms with E-state index in [1.807, 2.05) is 13.8 Å². The Morgan fingerprint density at radius 3 is 2.74 bits per heavy atom. The predicted molar refractivity (Wildman–Crippen MR) is 102 cm³/mol. The monoisotopic (exact) mass is 398 g/mol. The number of aliphatic hydroxyl groups excluding tert-OH is 1. The van der Waals surface area contributed by atoms with E-state index < -0.39 is 22.6 Å². The summed E-state index contributed by atoms with van der Waals surface area (Å²) in [6.45, 7) is 8.18. The van der Waals surface area contributed by atoms with Crippen molar-refractivity contribution in [1.82, 2.24) is 10.2 Å². The van der Waals surface area contributed by atoms with E-state index in [1.54, 1.807) is 23.6 Å². The Morgan fingerprint density at radius 1 is 1.44 bits per heavy atom. The summed E-state index contributed by atoms with van der Waals surface area (Å²) in [5.41, 5.74) is 0. The molecule has 3 aliphatic heterocycles. The molecule has 1 spiro atoms. The molecule has 0 saturated carbocycles. The van der Waals surface area contributed by atoms with Gasteiger partial charge in [-0.1, -0.05) is 6.92 Å². The average Bonchev–Trinajstić information content (AvgIpc) is 3.16. The third kappa shape index (κ3) is 3.05. The molecule has 0 radical (unpaired) electrons. The zero-order valence-corrected chi connectivity index (χ0v) is 17.3. The van der Waals surface area contributed by atoms with Crippen LogP contribution in [0.1, 0.15) is 40.5 Å². The number of carbonyl (C=O) groups excluding carboxylic acids is 3. The molecule has 0 aliphatic carbocycles. The van der Waals surface area contributed by atoms with E-state index in [1.165, 1.54) is 0 Å².